The van der Waals surface area contributed by atoms with Crippen molar-refractivity contribution in [3.05, 3.63) is 68.1 Å². The van der Waals surface area contributed by atoms with Gasteiger partial charge in [0.05, 0.1) is 0 Å². The third-order valence-electron chi connectivity index (χ3n) is 3.06. The van der Waals surface area contributed by atoms with Crippen molar-refractivity contribution >= 4 is 39.1 Å². The number of nitrogens with two attached hydrogens (primary N) is 1. The van der Waals surface area contributed by atoms with Gasteiger partial charge in [-0.25, -0.2) is 0 Å². The Hall–Kier alpha value is -0.540. The molecule has 0 radical (unpaired) electrons. The lowest BCUT2D eigenvalue weighted by Crippen LogP contribution is -2.35. The zero-order chi connectivity index (χ0) is 14.0. The molecule has 1 nitrogen and oxygen atoms in total. The van der Waals surface area contributed by atoms with Crippen LogP contribution in [0.1, 0.15) is 18.1 Å². The SMILES string of the molecule is CC(N)(Cc1ccc(Cl)cc1Cl)c1cccc(Br)c1. The highest BCUT2D eigenvalue weighted by molar-refractivity contribution is 9.10. The number of hydrogen-bond acceptors (Lipinski definition) is 1. The monoisotopic (exact) mass is 357 g/mol. The molecule has 2 rings (SSSR count). The van der Waals surface area contributed by atoms with Crippen molar-refractivity contribution in [3.63, 3.8) is 0 Å². The van der Waals surface area contributed by atoms with Crippen molar-refractivity contribution in [1.29, 1.82) is 0 Å². The largest absolute Gasteiger partial charge is 0.321 e. The third-order valence-corrected chi connectivity index (χ3v) is 4.14. The first-order chi connectivity index (χ1) is 8.88. The van der Waals surface area contributed by atoms with Crippen LogP contribution in [0.2, 0.25) is 10.0 Å². The van der Waals surface area contributed by atoms with E-state index in [4.69, 9.17) is 28.9 Å². The molecule has 1 atom stereocenters. The molecule has 0 aromatic heterocycles. The third kappa shape index (κ3) is 3.73. The maximum absolute atomic E-state index is 6.43. The van der Waals surface area contributed by atoms with Crippen LogP contribution in [0.4, 0.5) is 0 Å². The summed E-state index contributed by atoms with van der Waals surface area (Å²) >= 11 is 15.6. The van der Waals surface area contributed by atoms with Gasteiger partial charge in [-0.2, -0.15) is 0 Å². The second-order valence-corrected chi connectivity index (χ2v) is 6.60. The van der Waals surface area contributed by atoms with Crippen LogP contribution >= 0.6 is 39.1 Å². The molecule has 0 saturated heterocycles. The quantitative estimate of drug-likeness (QED) is 0.804. The molecule has 1 unspecified atom stereocenters. The highest BCUT2D eigenvalue weighted by Crippen LogP contribution is 2.29. The molecular formula is C15H14BrCl2N. The molecule has 0 spiro atoms. The number of rotatable bonds is 3. The van der Waals surface area contributed by atoms with Crippen molar-refractivity contribution in [2.45, 2.75) is 18.9 Å². The average Bonchev–Trinajstić information content (AvgIpc) is 2.33. The Morgan fingerprint density at radius 2 is 1.89 bits per heavy atom. The molecule has 2 N–H and O–H groups in total. The van der Waals surface area contributed by atoms with Crippen LogP contribution in [0.5, 0.6) is 0 Å². The predicted molar refractivity (Wildman–Crippen MR) is 85.8 cm³/mol. The molecule has 0 saturated carbocycles. The molecule has 2 aromatic rings. The summed E-state index contributed by atoms with van der Waals surface area (Å²) < 4.78 is 1.02. The summed E-state index contributed by atoms with van der Waals surface area (Å²) in [6, 6.07) is 13.5. The molecule has 0 amide bonds. The molecular weight excluding hydrogens is 345 g/mol. The smallest absolute Gasteiger partial charge is 0.0453 e. The van der Waals surface area contributed by atoms with Gasteiger partial charge in [0.1, 0.15) is 0 Å². The van der Waals surface area contributed by atoms with E-state index in [-0.39, 0.29) is 0 Å². The van der Waals surface area contributed by atoms with E-state index >= 15 is 0 Å². The maximum atomic E-state index is 6.43. The van der Waals surface area contributed by atoms with E-state index in [0.29, 0.717) is 16.5 Å². The van der Waals surface area contributed by atoms with Gasteiger partial charge in [0, 0.05) is 20.1 Å². The normalized spacial score (nSPS) is 14.2. The van der Waals surface area contributed by atoms with Crippen LogP contribution in [0.3, 0.4) is 0 Å². The van der Waals surface area contributed by atoms with Gasteiger partial charge in [0.2, 0.25) is 0 Å². The Morgan fingerprint density at radius 1 is 1.16 bits per heavy atom. The first-order valence-corrected chi connectivity index (χ1v) is 7.42. The van der Waals surface area contributed by atoms with E-state index in [1.54, 1.807) is 6.07 Å². The van der Waals surface area contributed by atoms with Crippen LogP contribution in [0.15, 0.2) is 46.9 Å². The molecule has 100 valence electrons. The zero-order valence-electron chi connectivity index (χ0n) is 10.5. The van der Waals surface area contributed by atoms with Gasteiger partial charge < -0.3 is 5.73 Å². The van der Waals surface area contributed by atoms with Crippen LogP contribution in [0, 0.1) is 0 Å². The Labute approximate surface area is 131 Å². The summed E-state index contributed by atoms with van der Waals surface area (Å²) in [5.74, 6) is 0. The Bertz CT molecular complexity index is 596. The number of benzene rings is 2. The molecule has 0 heterocycles. The fourth-order valence-corrected chi connectivity index (χ4v) is 2.88. The fourth-order valence-electron chi connectivity index (χ4n) is 2.01. The second-order valence-electron chi connectivity index (χ2n) is 4.84. The van der Waals surface area contributed by atoms with Gasteiger partial charge in [-0.1, -0.05) is 57.3 Å². The average molecular weight is 359 g/mol. The molecule has 0 aliphatic rings. The summed E-state index contributed by atoms with van der Waals surface area (Å²) in [7, 11) is 0. The zero-order valence-corrected chi connectivity index (χ0v) is 13.6. The molecule has 4 heteroatoms. The van der Waals surface area contributed by atoms with Crippen LogP contribution in [-0.2, 0) is 12.0 Å². The van der Waals surface area contributed by atoms with E-state index in [2.05, 4.69) is 15.9 Å². The van der Waals surface area contributed by atoms with E-state index < -0.39 is 5.54 Å². The van der Waals surface area contributed by atoms with Gasteiger partial charge in [-0.15, -0.1) is 0 Å². The summed E-state index contributed by atoms with van der Waals surface area (Å²) in [5.41, 5.74) is 8.01. The Balaban J connectivity index is 2.30. The van der Waals surface area contributed by atoms with Gasteiger partial charge >= 0.3 is 0 Å². The molecule has 0 bridgehead atoms. The summed E-state index contributed by atoms with van der Waals surface area (Å²) in [5, 5.41) is 1.29. The minimum Gasteiger partial charge on any atom is -0.321 e. The first-order valence-electron chi connectivity index (χ1n) is 5.87. The molecule has 19 heavy (non-hydrogen) atoms. The van der Waals surface area contributed by atoms with E-state index in [0.717, 1.165) is 15.6 Å². The minimum atomic E-state index is -0.485. The van der Waals surface area contributed by atoms with Gasteiger partial charge in [-0.05, 0) is 48.7 Å². The lowest BCUT2D eigenvalue weighted by Gasteiger charge is -2.26. The lowest BCUT2D eigenvalue weighted by molar-refractivity contribution is 0.491. The van der Waals surface area contributed by atoms with Crippen molar-refractivity contribution in [2.75, 3.05) is 0 Å². The second kappa shape index (κ2) is 5.84. The standard InChI is InChI=1S/C15H14BrCl2N/c1-15(19,11-3-2-4-12(16)7-11)9-10-5-6-13(17)8-14(10)18/h2-8H,9,19H2,1H3. The van der Waals surface area contributed by atoms with Gasteiger partial charge in [0.15, 0.2) is 0 Å². The summed E-state index contributed by atoms with van der Waals surface area (Å²) in [6.07, 6.45) is 0.652. The van der Waals surface area contributed by atoms with Crippen LogP contribution in [-0.4, -0.2) is 0 Å². The van der Waals surface area contributed by atoms with E-state index in [1.165, 1.54) is 0 Å². The van der Waals surface area contributed by atoms with Gasteiger partial charge in [-0.3, -0.25) is 0 Å². The molecule has 0 fully saturated rings. The van der Waals surface area contributed by atoms with E-state index in [1.807, 2.05) is 43.3 Å². The van der Waals surface area contributed by atoms with Crippen molar-refractivity contribution in [1.82, 2.24) is 0 Å². The summed E-state index contributed by atoms with van der Waals surface area (Å²) in [4.78, 5) is 0. The highest BCUT2D eigenvalue weighted by Gasteiger charge is 2.23. The predicted octanol–water partition coefficient (Wildman–Crippen LogP) is 5.17. The van der Waals surface area contributed by atoms with Gasteiger partial charge in [0.25, 0.3) is 0 Å². The minimum absolute atomic E-state index is 0.485. The van der Waals surface area contributed by atoms with Crippen LogP contribution in [0.25, 0.3) is 0 Å². The molecule has 0 aliphatic carbocycles. The first kappa shape index (κ1) is 14.9. The number of hydrogen-bond donors (Lipinski definition) is 1. The van der Waals surface area contributed by atoms with Crippen LogP contribution < -0.4 is 5.73 Å². The van der Waals surface area contributed by atoms with Crippen molar-refractivity contribution in [2.24, 2.45) is 5.73 Å². The van der Waals surface area contributed by atoms with Crippen molar-refractivity contribution < 1.29 is 0 Å². The number of halogens is 3. The highest BCUT2D eigenvalue weighted by atomic mass is 79.9. The Morgan fingerprint density at radius 3 is 2.53 bits per heavy atom. The molecule has 0 aliphatic heterocycles. The maximum Gasteiger partial charge on any atom is 0.0453 e. The topological polar surface area (TPSA) is 26.0 Å². The lowest BCUT2D eigenvalue weighted by atomic mass is 9.86. The summed E-state index contributed by atoms with van der Waals surface area (Å²) in [6.45, 7) is 2.00. The molecule has 2 aromatic carbocycles. The van der Waals surface area contributed by atoms with Crippen molar-refractivity contribution in [3.8, 4) is 0 Å². The van der Waals surface area contributed by atoms with E-state index in [9.17, 15) is 0 Å². The Kier molecular flexibility index (Phi) is 4.57. The fraction of sp³-hybridized carbons (Fsp3) is 0.200.